The molecule has 0 aromatic heterocycles. The molecule has 296 valence electrons. The highest BCUT2D eigenvalue weighted by Crippen LogP contribution is 2.62. The van der Waals surface area contributed by atoms with Gasteiger partial charge in [-0.05, 0) is 103 Å². The molecule has 2 nitrogen and oxygen atoms in total. The minimum absolute atomic E-state index is 0.569. The predicted octanol–water partition coefficient (Wildman–Crippen LogP) is 16.3. The number of hydrogen-bond acceptors (Lipinski definition) is 2. The molecule has 0 bridgehead atoms. The van der Waals surface area contributed by atoms with E-state index in [1.54, 1.807) is 0 Å². The van der Waals surface area contributed by atoms with Crippen LogP contribution in [0.3, 0.4) is 0 Å². The summed E-state index contributed by atoms with van der Waals surface area (Å²) in [5, 5.41) is 0. The van der Waals surface area contributed by atoms with Crippen LogP contribution in [0.15, 0.2) is 249 Å². The number of ether oxygens (including phenoxy) is 1. The number of fused-ring (bicyclic) bond motifs is 5. The lowest BCUT2D eigenvalue weighted by Gasteiger charge is -2.37. The zero-order valence-electron chi connectivity index (χ0n) is 34.5. The van der Waals surface area contributed by atoms with Gasteiger partial charge >= 0.3 is 0 Å². The van der Waals surface area contributed by atoms with E-state index < -0.39 is 5.41 Å². The first-order valence-electron chi connectivity index (χ1n) is 21.7. The SMILES string of the molecule is c1ccc(-c2ccccc2-c2cc3c(cc2-c2ccccc2)Oc2cc4c(cc2N3c2ccccc2-c2ccccc2)-c2ccccc2C4(c2ccccc2)c2ccccc2)cc1. The first-order valence-corrected chi connectivity index (χ1v) is 21.7. The fourth-order valence-corrected chi connectivity index (χ4v) is 10.2. The lowest BCUT2D eigenvalue weighted by molar-refractivity contribution is 0.476. The Labute approximate surface area is 368 Å². The van der Waals surface area contributed by atoms with Crippen LogP contribution in [0.2, 0.25) is 0 Å². The van der Waals surface area contributed by atoms with Gasteiger partial charge in [0, 0.05) is 5.56 Å². The van der Waals surface area contributed by atoms with E-state index in [0.29, 0.717) is 0 Å². The van der Waals surface area contributed by atoms with Gasteiger partial charge in [-0.2, -0.15) is 0 Å². The van der Waals surface area contributed by atoms with E-state index >= 15 is 0 Å². The van der Waals surface area contributed by atoms with Crippen LogP contribution in [-0.4, -0.2) is 0 Å². The molecule has 0 saturated heterocycles. The number of nitrogens with zero attached hydrogens (tertiary/aromatic N) is 1. The molecule has 12 rings (SSSR count). The largest absolute Gasteiger partial charge is 0.453 e. The highest BCUT2D eigenvalue weighted by molar-refractivity contribution is 6.01. The maximum absolute atomic E-state index is 7.39. The molecule has 10 aromatic rings. The van der Waals surface area contributed by atoms with Crippen molar-refractivity contribution in [3.8, 4) is 67.1 Å². The molecule has 0 fully saturated rings. The predicted molar refractivity (Wildman–Crippen MR) is 260 cm³/mol. The van der Waals surface area contributed by atoms with Gasteiger partial charge in [0.25, 0.3) is 0 Å². The third-order valence-corrected chi connectivity index (χ3v) is 13.0. The van der Waals surface area contributed by atoms with Crippen LogP contribution in [0, 0.1) is 0 Å². The molecule has 0 unspecified atom stereocenters. The molecule has 0 atom stereocenters. The van der Waals surface area contributed by atoms with Gasteiger partial charge in [-0.1, -0.05) is 218 Å². The van der Waals surface area contributed by atoms with Gasteiger partial charge in [-0.25, -0.2) is 0 Å². The van der Waals surface area contributed by atoms with Crippen molar-refractivity contribution < 1.29 is 4.74 Å². The molecule has 0 radical (unpaired) electrons. The molecule has 1 aliphatic heterocycles. The maximum Gasteiger partial charge on any atom is 0.152 e. The highest BCUT2D eigenvalue weighted by Gasteiger charge is 2.47. The van der Waals surface area contributed by atoms with Crippen molar-refractivity contribution in [2.45, 2.75) is 5.41 Å². The van der Waals surface area contributed by atoms with E-state index in [2.05, 4.69) is 254 Å². The summed E-state index contributed by atoms with van der Waals surface area (Å²) >= 11 is 0. The van der Waals surface area contributed by atoms with Crippen molar-refractivity contribution in [1.29, 1.82) is 0 Å². The monoisotopic (exact) mass is 803 g/mol. The summed E-state index contributed by atoms with van der Waals surface area (Å²) in [6.45, 7) is 0. The van der Waals surface area contributed by atoms with Gasteiger partial charge in [0.2, 0.25) is 0 Å². The van der Waals surface area contributed by atoms with Crippen LogP contribution in [0.5, 0.6) is 11.5 Å². The van der Waals surface area contributed by atoms with Crippen LogP contribution in [0.4, 0.5) is 17.1 Å². The van der Waals surface area contributed by atoms with Gasteiger partial charge in [0.05, 0.1) is 22.5 Å². The third-order valence-electron chi connectivity index (χ3n) is 13.0. The molecule has 1 aliphatic carbocycles. The van der Waals surface area contributed by atoms with E-state index in [1.807, 2.05) is 0 Å². The zero-order valence-corrected chi connectivity index (χ0v) is 34.5. The smallest absolute Gasteiger partial charge is 0.152 e. The van der Waals surface area contributed by atoms with Crippen LogP contribution in [0.1, 0.15) is 22.3 Å². The van der Waals surface area contributed by atoms with Crippen molar-refractivity contribution in [2.24, 2.45) is 0 Å². The molecule has 1 heterocycles. The Balaban J connectivity index is 1.17. The third kappa shape index (κ3) is 5.87. The zero-order chi connectivity index (χ0) is 41.7. The Morgan fingerprint density at radius 3 is 1.30 bits per heavy atom. The normalized spacial score (nSPS) is 13.0. The second-order valence-electron chi connectivity index (χ2n) is 16.4. The number of anilines is 3. The Morgan fingerprint density at radius 2 is 0.698 bits per heavy atom. The summed E-state index contributed by atoms with van der Waals surface area (Å²) < 4.78 is 7.39. The Morgan fingerprint density at radius 1 is 0.270 bits per heavy atom. The topological polar surface area (TPSA) is 12.5 Å². The van der Waals surface area contributed by atoms with E-state index in [1.165, 1.54) is 44.5 Å². The van der Waals surface area contributed by atoms with E-state index in [4.69, 9.17) is 4.74 Å². The molecular formula is C61H41NO. The van der Waals surface area contributed by atoms with Crippen molar-refractivity contribution in [3.05, 3.63) is 271 Å². The van der Waals surface area contributed by atoms with Gasteiger partial charge < -0.3 is 9.64 Å². The van der Waals surface area contributed by atoms with Crippen LogP contribution in [0.25, 0.3) is 55.6 Å². The summed E-state index contributed by atoms with van der Waals surface area (Å²) in [5.41, 5.74) is 19.0. The minimum atomic E-state index is -0.569. The highest BCUT2D eigenvalue weighted by atomic mass is 16.5. The van der Waals surface area contributed by atoms with Gasteiger partial charge in [-0.3, -0.25) is 0 Å². The van der Waals surface area contributed by atoms with E-state index in [9.17, 15) is 0 Å². The molecule has 10 aromatic carbocycles. The average molecular weight is 804 g/mol. The molecule has 63 heavy (non-hydrogen) atoms. The standard InChI is InChI=1S/C61H41NO/c1-6-22-42(23-7-1)47-32-16-17-34-49(47)52-38-57-59(40-51(52)44-26-10-3-11-27-44)63-60-41-55-53(39-58(60)62(57)56-37-21-19-33-48(56)43-24-8-2-9-25-43)50-35-18-20-36-54(50)61(55,45-28-12-4-13-29-45)46-30-14-5-15-31-46/h1-41H. The first kappa shape index (κ1) is 36.6. The summed E-state index contributed by atoms with van der Waals surface area (Å²) in [4.78, 5) is 2.45. The lowest BCUT2D eigenvalue weighted by Crippen LogP contribution is -2.28. The maximum atomic E-state index is 7.39. The summed E-state index contributed by atoms with van der Waals surface area (Å²) in [6.07, 6.45) is 0. The Hall–Kier alpha value is -8.20. The average Bonchev–Trinajstić information content (AvgIpc) is 3.65. The van der Waals surface area contributed by atoms with Crippen LogP contribution < -0.4 is 9.64 Å². The first-order chi connectivity index (χ1) is 31.3. The lowest BCUT2D eigenvalue weighted by atomic mass is 9.67. The van der Waals surface area contributed by atoms with Crippen LogP contribution >= 0.6 is 0 Å². The van der Waals surface area contributed by atoms with Gasteiger partial charge in [-0.15, -0.1) is 0 Å². The second kappa shape index (κ2) is 15.1. The molecular weight excluding hydrogens is 763 g/mol. The van der Waals surface area contributed by atoms with Crippen LogP contribution in [-0.2, 0) is 5.41 Å². The van der Waals surface area contributed by atoms with Gasteiger partial charge in [0.15, 0.2) is 11.5 Å². The molecule has 0 spiro atoms. The number of para-hydroxylation sites is 1. The molecule has 0 saturated carbocycles. The number of hydrogen-bond donors (Lipinski definition) is 0. The molecule has 2 aliphatic rings. The fraction of sp³-hybridized carbons (Fsp3) is 0.0164. The van der Waals surface area contributed by atoms with Crippen molar-refractivity contribution in [2.75, 3.05) is 4.90 Å². The Kier molecular flexibility index (Phi) is 8.76. The number of rotatable bonds is 7. The van der Waals surface area contributed by atoms with Crippen molar-refractivity contribution in [1.82, 2.24) is 0 Å². The van der Waals surface area contributed by atoms with Crippen molar-refractivity contribution in [3.63, 3.8) is 0 Å². The quantitative estimate of drug-likeness (QED) is 0.159. The second-order valence-corrected chi connectivity index (χ2v) is 16.4. The summed E-state index contributed by atoms with van der Waals surface area (Å²) in [5.74, 6) is 1.61. The minimum Gasteiger partial charge on any atom is -0.453 e. The van der Waals surface area contributed by atoms with Gasteiger partial charge in [0.1, 0.15) is 0 Å². The summed E-state index contributed by atoms with van der Waals surface area (Å²) in [6, 6.07) is 90.0. The van der Waals surface area contributed by atoms with E-state index in [-0.39, 0.29) is 0 Å². The van der Waals surface area contributed by atoms with E-state index in [0.717, 1.165) is 61.9 Å². The molecule has 0 N–H and O–H groups in total. The Bertz CT molecular complexity index is 3250. The fourth-order valence-electron chi connectivity index (χ4n) is 10.2. The molecule has 0 amide bonds. The summed E-state index contributed by atoms with van der Waals surface area (Å²) in [7, 11) is 0. The molecule has 2 heteroatoms. The van der Waals surface area contributed by atoms with Crippen molar-refractivity contribution >= 4 is 17.1 Å². The number of benzene rings is 10.